The van der Waals surface area contributed by atoms with Crippen LogP contribution in [-0.2, 0) is 11.2 Å². The Morgan fingerprint density at radius 1 is 1.27 bits per heavy atom. The third-order valence-corrected chi connectivity index (χ3v) is 4.78. The lowest BCUT2D eigenvalue weighted by molar-refractivity contribution is -0.116. The lowest BCUT2D eigenvalue weighted by Gasteiger charge is -2.17. The Bertz CT molecular complexity index is 1060. The van der Waals surface area contributed by atoms with Gasteiger partial charge in [0.2, 0.25) is 5.91 Å². The van der Waals surface area contributed by atoms with Crippen LogP contribution in [0.25, 0.3) is 10.9 Å². The topological polar surface area (TPSA) is 78.1 Å². The summed E-state index contributed by atoms with van der Waals surface area (Å²) in [7, 11) is 0. The predicted octanol–water partition coefficient (Wildman–Crippen LogP) is 3.01. The molecule has 0 fully saturated rings. The third kappa shape index (κ3) is 2.83. The first-order valence-corrected chi connectivity index (χ1v) is 8.69. The van der Waals surface area contributed by atoms with E-state index in [9.17, 15) is 9.59 Å². The Labute approximate surface area is 150 Å². The second-order valence-electron chi connectivity index (χ2n) is 6.60. The molecule has 2 aromatic carbocycles. The van der Waals surface area contributed by atoms with Gasteiger partial charge in [-0.3, -0.25) is 9.59 Å². The van der Waals surface area contributed by atoms with Crippen LogP contribution in [-0.4, -0.2) is 22.4 Å². The highest BCUT2D eigenvalue weighted by atomic mass is 16.2. The average Bonchev–Trinajstić information content (AvgIpc) is 3.05. The first-order valence-electron chi connectivity index (χ1n) is 8.69. The SMILES string of the molecule is CC(=O)N1CCc2cc(NC(C)c3nc4ccccc4c(=O)[nH]3)ccc21. The molecule has 0 saturated heterocycles. The van der Waals surface area contributed by atoms with Crippen LogP contribution in [0, 0.1) is 0 Å². The number of hydrogen-bond donors (Lipinski definition) is 2. The van der Waals surface area contributed by atoms with E-state index in [1.54, 1.807) is 17.9 Å². The van der Waals surface area contributed by atoms with Crippen LogP contribution in [0.4, 0.5) is 11.4 Å². The quantitative estimate of drug-likeness (QED) is 0.763. The van der Waals surface area contributed by atoms with Crippen molar-refractivity contribution in [3.8, 4) is 0 Å². The molecule has 1 aromatic heterocycles. The Morgan fingerprint density at radius 3 is 2.88 bits per heavy atom. The molecule has 2 N–H and O–H groups in total. The van der Waals surface area contributed by atoms with Gasteiger partial charge in [-0.2, -0.15) is 0 Å². The molecule has 132 valence electrons. The van der Waals surface area contributed by atoms with Crippen molar-refractivity contribution in [2.24, 2.45) is 0 Å². The van der Waals surface area contributed by atoms with Gasteiger partial charge in [0, 0.05) is 24.8 Å². The number of para-hydroxylation sites is 1. The van der Waals surface area contributed by atoms with Crippen LogP contribution in [0.5, 0.6) is 0 Å². The zero-order valence-electron chi connectivity index (χ0n) is 14.7. The van der Waals surface area contributed by atoms with Gasteiger partial charge in [0.25, 0.3) is 5.56 Å². The number of aromatic amines is 1. The summed E-state index contributed by atoms with van der Waals surface area (Å²) in [5.41, 5.74) is 3.62. The van der Waals surface area contributed by atoms with Gasteiger partial charge in [-0.15, -0.1) is 0 Å². The minimum Gasteiger partial charge on any atom is -0.375 e. The van der Waals surface area contributed by atoms with E-state index in [4.69, 9.17) is 0 Å². The van der Waals surface area contributed by atoms with Crippen molar-refractivity contribution < 1.29 is 4.79 Å². The number of amides is 1. The number of aromatic nitrogens is 2. The summed E-state index contributed by atoms with van der Waals surface area (Å²) in [5.74, 6) is 0.662. The van der Waals surface area contributed by atoms with Crippen molar-refractivity contribution >= 4 is 28.2 Å². The Hall–Kier alpha value is -3.15. The molecule has 1 aliphatic heterocycles. The first-order chi connectivity index (χ1) is 12.5. The van der Waals surface area contributed by atoms with Crippen molar-refractivity contribution in [3.05, 3.63) is 64.2 Å². The van der Waals surface area contributed by atoms with E-state index in [1.165, 1.54) is 0 Å². The second-order valence-corrected chi connectivity index (χ2v) is 6.60. The number of nitrogens with zero attached hydrogens (tertiary/aromatic N) is 2. The van der Waals surface area contributed by atoms with E-state index in [2.05, 4.69) is 21.4 Å². The molecule has 0 bridgehead atoms. The molecule has 6 heteroatoms. The van der Waals surface area contributed by atoms with Gasteiger partial charge < -0.3 is 15.2 Å². The summed E-state index contributed by atoms with van der Waals surface area (Å²) >= 11 is 0. The minimum absolute atomic E-state index is 0.0655. The number of benzene rings is 2. The molecule has 0 radical (unpaired) electrons. The first kappa shape index (κ1) is 16.3. The van der Waals surface area contributed by atoms with E-state index < -0.39 is 0 Å². The van der Waals surface area contributed by atoms with Crippen molar-refractivity contribution in [1.82, 2.24) is 9.97 Å². The smallest absolute Gasteiger partial charge is 0.258 e. The van der Waals surface area contributed by atoms with Gasteiger partial charge in [-0.25, -0.2) is 4.98 Å². The van der Waals surface area contributed by atoms with Crippen LogP contribution in [0.15, 0.2) is 47.3 Å². The summed E-state index contributed by atoms with van der Waals surface area (Å²) in [6.07, 6.45) is 0.851. The van der Waals surface area contributed by atoms with Crippen LogP contribution in [0.1, 0.15) is 31.3 Å². The molecule has 1 atom stereocenters. The van der Waals surface area contributed by atoms with Gasteiger partial charge in [0.15, 0.2) is 0 Å². The molecule has 0 saturated carbocycles. The Kier molecular flexibility index (Phi) is 3.95. The molecule has 1 aliphatic rings. The maximum Gasteiger partial charge on any atom is 0.258 e. The van der Waals surface area contributed by atoms with Crippen LogP contribution >= 0.6 is 0 Å². The maximum atomic E-state index is 12.2. The van der Waals surface area contributed by atoms with Crippen LogP contribution < -0.4 is 15.8 Å². The fourth-order valence-corrected chi connectivity index (χ4v) is 3.45. The van der Waals surface area contributed by atoms with Crippen molar-refractivity contribution in [3.63, 3.8) is 0 Å². The third-order valence-electron chi connectivity index (χ3n) is 4.78. The molecule has 4 rings (SSSR count). The second kappa shape index (κ2) is 6.29. The number of H-pyrrole nitrogens is 1. The van der Waals surface area contributed by atoms with Crippen molar-refractivity contribution in [1.29, 1.82) is 0 Å². The van der Waals surface area contributed by atoms with Gasteiger partial charge >= 0.3 is 0 Å². The largest absolute Gasteiger partial charge is 0.375 e. The Morgan fingerprint density at radius 2 is 2.08 bits per heavy atom. The lowest BCUT2D eigenvalue weighted by Crippen LogP contribution is -2.25. The molecule has 6 nitrogen and oxygen atoms in total. The molecule has 1 amide bonds. The van der Waals surface area contributed by atoms with Gasteiger partial charge in [0.05, 0.1) is 16.9 Å². The fourth-order valence-electron chi connectivity index (χ4n) is 3.45. The predicted molar refractivity (Wildman–Crippen MR) is 103 cm³/mol. The zero-order valence-corrected chi connectivity index (χ0v) is 14.7. The molecule has 26 heavy (non-hydrogen) atoms. The number of anilines is 2. The van der Waals surface area contributed by atoms with E-state index in [0.717, 1.165) is 29.9 Å². The molecule has 3 aromatic rings. The molecule has 0 spiro atoms. The van der Waals surface area contributed by atoms with E-state index >= 15 is 0 Å². The maximum absolute atomic E-state index is 12.2. The Balaban J connectivity index is 1.60. The van der Waals surface area contributed by atoms with E-state index in [1.807, 2.05) is 37.3 Å². The molecule has 2 heterocycles. The summed E-state index contributed by atoms with van der Waals surface area (Å²) < 4.78 is 0. The highest BCUT2D eigenvalue weighted by molar-refractivity contribution is 5.94. The zero-order chi connectivity index (χ0) is 18.3. The number of carbonyl (C=O) groups is 1. The number of hydrogen-bond acceptors (Lipinski definition) is 4. The fraction of sp³-hybridized carbons (Fsp3) is 0.250. The van der Waals surface area contributed by atoms with Gasteiger partial charge in [0.1, 0.15) is 5.82 Å². The summed E-state index contributed by atoms with van der Waals surface area (Å²) in [5, 5.41) is 3.98. The normalized spacial score (nSPS) is 14.3. The average molecular weight is 348 g/mol. The summed E-state index contributed by atoms with van der Waals surface area (Å²) in [6.45, 7) is 4.27. The molecular weight excluding hydrogens is 328 g/mol. The van der Waals surface area contributed by atoms with Crippen molar-refractivity contribution in [2.45, 2.75) is 26.3 Å². The van der Waals surface area contributed by atoms with Crippen molar-refractivity contribution in [2.75, 3.05) is 16.8 Å². The molecule has 1 unspecified atom stereocenters. The highest BCUT2D eigenvalue weighted by Gasteiger charge is 2.22. The number of fused-ring (bicyclic) bond motifs is 2. The molecular formula is C20H20N4O2. The lowest BCUT2D eigenvalue weighted by atomic mass is 10.1. The standard InChI is InChI=1S/C20H20N4O2/c1-12(19-22-17-6-4-3-5-16(17)20(26)23-19)21-15-7-8-18-14(11-15)9-10-24(18)13(2)25/h3-8,11-12,21H,9-10H2,1-2H3,(H,22,23,26). The minimum atomic E-state index is -0.157. The van der Waals surface area contributed by atoms with Gasteiger partial charge in [-0.05, 0) is 49.2 Å². The summed E-state index contributed by atoms with van der Waals surface area (Å²) in [4.78, 5) is 33.1. The number of carbonyl (C=O) groups excluding carboxylic acids is 1. The number of nitrogens with one attached hydrogen (secondary N) is 2. The summed E-state index contributed by atoms with van der Waals surface area (Å²) in [6, 6.07) is 13.1. The highest BCUT2D eigenvalue weighted by Crippen LogP contribution is 2.31. The van der Waals surface area contributed by atoms with Crippen LogP contribution in [0.2, 0.25) is 0 Å². The van der Waals surface area contributed by atoms with Crippen LogP contribution in [0.3, 0.4) is 0 Å². The number of rotatable bonds is 3. The monoisotopic (exact) mass is 348 g/mol. The van der Waals surface area contributed by atoms with E-state index in [0.29, 0.717) is 16.7 Å². The van der Waals surface area contributed by atoms with E-state index in [-0.39, 0.29) is 17.5 Å². The molecule has 0 aliphatic carbocycles. The van der Waals surface area contributed by atoms with Gasteiger partial charge in [-0.1, -0.05) is 12.1 Å².